The van der Waals surface area contributed by atoms with Crippen molar-refractivity contribution in [3.63, 3.8) is 0 Å². The molecule has 0 heterocycles. The van der Waals surface area contributed by atoms with Crippen LogP contribution in [0.3, 0.4) is 0 Å². The summed E-state index contributed by atoms with van der Waals surface area (Å²) in [5.41, 5.74) is -0.146. The van der Waals surface area contributed by atoms with Crippen LogP contribution in [0.4, 0.5) is 0 Å². The smallest absolute Gasteiger partial charge is 0.306 e. The molecule has 0 spiro atoms. The molecule has 0 bridgehead atoms. The number of esters is 1. The SMILES string of the molecule is CNC(CS(=O)(=O)CCC(=O)OC)C(C)(C)C. The monoisotopic (exact) mass is 265 g/mol. The molecule has 1 atom stereocenters. The number of ether oxygens (including phenoxy) is 1. The lowest BCUT2D eigenvalue weighted by atomic mass is 9.88. The van der Waals surface area contributed by atoms with Gasteiger partial charge in [0, 0.05) is 6.04 Å². The van der Waals surface area contributed by atoms with Crippen molar-refractivity contribution in [1.82, 2.24) is 5.32 Å². The third-order valence-electron chi connectivity index (χ3n) is 2.66. The Morgan fingerprint density at radius 2 is 1.88 bits per heavy atom. The van der Waals surface area contributed by atoms with Crippen LogP contribution in [0.2, 0.25) is 0 Å². The van der Waals surface area contributed by atoms with Gasteiger partial charge in [-0.1, -0.05) is 20.8 Å². The van der Waals surface area contributed by atoms with Crippen LogP contribution in [0, 0.1) is 5.41 Å². The van der Waals surface area contributed by atoms with E-state index in [4.69, 9.17) is 0 Å². The molecule has 102 valence electrons. The molecule has 0 radical (unpaired) electrons. The summed E-state index contributed by atoms with van der Waals surface area (Å²) in [6, 6.07) is -0.134. The topological polar surface area (TPSA) is 72.5 Å². The van der Waals surface area contributed by atoms with Crippen LogP contribution in [-0.2, 0) is 19.4 Å². The van der Waals surface area contributed by atoms with Gasteiger partial charge in [-0.2, -0.15) is 0 Å². The van der Waals surface area contributed by atoms with Crippen LogP contribution in [0.1, 0.15) is 27.2 Å². The second-order valence-electron chi connectivity index (χ2n) is 5.15. The van der Waals surface area contributed by atoms with E-state index in [0.717, 1.165) is 0 Å². The van der Waals surface area contributed by atoms with E-state index in [0.29, 0.717) is 0 Å². The highest BCUT2D eigenvalue weighted by Crippen LogP contribution is 2.20. The Labute approximate surface area is 104 Å². The van der Waals surface area contributed by atoms with Gasteiger partial charge in [-0.15, -0.1) is 0 Å². The Hall–Kier alpha value is -0.620. The number of rotatable bonds is 6. The lowest BCUT2D eigenvalue weighted by molar-refractivity contribution is -0.140. The maximum absolute atomic E-state index is 11.8. The Bertz CT molecular complexity index is 343. The highest BCUT2D eigenvalue weighted by atomic mass is 32.2. The zero-order valence-corrected chi connectivity index (χ0v) is 12.1. The normalized spacial score (nSPS) is 14.4. The number of methoxy groups -OCH3 is 1. The average molecular weight is 265 g/mol. The first-order valence-electron chi connectivity index (χ1n) is 5.57. The fourth-order valence-electron chi connectivity index (χ4n) is 1.44. The molecule has 0 aliphatic heterocycles. The molecule has 1 N–H and O–H groups in total. The van der Waals surface area contributed by atoms with Gasteiger partial charge in [0.15, 0.2) is 9.84 Å². The zero-order valence-electron chi connectivity index (χ0n) is 11.2. The maximum Gasteiger partial charge on any atom is 0.306 e. The van der Waals surface area contributed by atoms with E-state index in [1.807, 2.05) is 20.8 Å². The molecule has 0 fully saturated rings. The lowest BCUT2D eigenvalue weighted by Crippen LogP contribution is -2.44. The minimum atomic E-state index is -3.24. The van der Waals surface area contributed by atoms with Gasteiger partial charge in [-0.25, -0.2) is 8.42 Å². The predicted molar refractivity (Wildman–Crippen MR) is 67.6 cm³/mol. The molecule has 17 heavy (non-hydrogen) atoms. The van der Waals surface area contributed by atoms with E-state index in [-0.39, 0.29) is 29.4 Å². The summed E-state index contributed by atoms with van der Waals surface area (Å²) in [5, 5.41) is 3.00. The number of carbonyl (C=O) groups excluding carboxylic acids is 1. The first kappa shape index (κ1) is 16.4. The summed E-state index contributed by atoms with van der Waals surface area (Å²) in [6.07, 6.45) is -0.0839. The van der Waals surface area contributed by atoms with Gasteiger partial charge >= 0.3 is 5.97 Å². The van der Waals surface area contributed by atoms with Gasteiger partial charge in [0.05, 0.1) is 25.0 Å². The molecule has 0 rings (SSSR count). The van der Waals surface area contributed by atoms with Crippen LogP contribution < -0.4 is 5.32 Å². The van der Waals surface area contributed by atoms with Crippen LogP contribution in [0.15, 0.2) is 0 Å². The third-order valence-corrected chi connectivity index (χ3v) is 4.33. The molecule has 0 aromatic carbocycles. The molecule has 0 saturated carbocycles. The van der Waals surface area contributed by atoms with Crippen LogP contribution in [0.25, 0.3) is 0 Å². The standard InChI is InChI=1S/C11H23NO4S/c1-11(2,3)9(12-4)8-17(14,15)7-6-10(13)16-5/h9,12H,6-8H2,1-5H3. The van der Waals surface area contributed by atoms with Gasteiger partial charge in [0.25, 0.3) is 0 Å². The van der Waals surface area contributed by atoms with E-state index in [2.05, 4.69) is 10.1 Å². The molecule has 0 saturated heterocycles. The molecule has 0 aromatic rings. The molecular weight excluding hydrogens is 242 g/mol. The Morgan fingerprint density at radius 1 is 1.35 bits per heavy atom. The van der Waals surface area contributed by atoms with Crippen molar-refractivity contribution in [3.8, 4) is 0 Å². The molecule has 6 heteroatoms. The summed E-state index contributed by atoms with van der Waals surface area (Å²) in [7, 11) is -0.252. The first-order valence-corrected chi connectivity index (χ1v) is 7.39. The zero-order chi connectivity index (χ0) is 13.7. The van der Waals surface area contributed by atoms with Crippen LogP contribution >= 0.6 is 0 Å². The van der Waals surface area contributed by atoms with E-state index < -0.39 is 15.8 Å². The lowest BCUT2D eigenvalue weighted by Gasteiger charge is -2.30. The van der Waals surface area contributed by atoms with E-state index in [1.54, 1.807) is 7.05 Å². The Balaban J connectivity index is 4.48. The number of hydrogen-bond acceptors (Lipinski definition) is 5. The van der Waals surface area contributed by atoms with Crippen LogP contribution in [0.5, 0.6) is 0 Å². The average Bonchev–Trinajstić information content (AvgIpc) is 2.21. The van der Waals surface area contributed by atoms with Crippen molar-refractivity contribution in [2.24, 2.45) is 5.41 Å². The van der Waals surface area contributed by atoms with Crippen molar-refractivity contribution in [2.45, 2.75) is 33.2 Å². The second kappa shape index (κ2) is 6.35. The summed E-state index contributed by atoms with van der Waals surface area (Å²) >= 11 is 0. The van der Waals surface area contributed by atoms with E-state index in [1.165, 1.54) is 7.11 Å². The van der Waals surface area contributed by atoms with Gasteiger partial charge in [0.1, 0.15) is 0 Å². The third kappa shape index (κ3) is 6.63. The fraction of sp³-hybridized carbons (Fsp3) is 0.909. The van der Waals surface area contributed by atoms with Crippen LogP contribution in [-0.4, -0.2) is 46.1 Å². The minimum Gasteiger partial charge on any atom is -0.469 e. The summed E-state index contributed by atoms with van der Waals surface area (Å²) < 4.78 is 28.1. The van der Waals surface area contributed by atoms with Crippen molar-refractivity contribution in [1.29, 1.82) is 0 Å². The van der Waals surface area contributed by atoms with Gasteiger partial charge in [0.2, 0.25) is 0 Å². The summed E-state index contributed by atoms with van der Waals surface area (Å²) in [4.78, 5) is 10.9. The van der Waals surface area contributed by atoms with Gasteiger partial charge in [-0.05, 0) is 12.5 Å². The van der Waals surface area contributed by atoms with Crippen molar-refractivity contribution >= 4 is 15.8 Å². The highest BCUT2D eigenvalue weighted by molar-refractivity contribution is 7.91. The fourth-order valence-corrected chi connectivity index (χ4v) is 3.26. The second-order valence-corrected chi connectivity index (χ2v) is 7.38. The summed E-state index contributed by atoms with van der Waals surface area (Å²) in [5.74, 6) is -0.622. The molecule has 0 aliphatic rings. The molecule has 0 amide bonds. The van der Waals surface area contributed by atoms with Crippen molar-refractivity contribution in [2.75, 3.05) is 25.7 Å². The quantitative estimate of drug-likeness (QED) is 0.712. The molecule has 0 aromatic heterocycles. The Kier molecular flexibility index (Phi) is 6.12. The number of hydrogen-bond donors (Lipinski definition) is 1. The van der Waals surface area contributed by atoms with Gasteiger partial charge in [-0.3, -0.25) is 4.79 Å². The largest absolute Gasteiger partial charge is 0.469 e. The number of nitrogens with one attached hydrogen (secondary N) is 1. The minimum absolute atomic E-state index is 0.0317. The number of sulfone groups is 1. The molecule has 5 nitrogen and oxygen atoms in total. The number of carbonyl (C=O) groups is 1. The molecule has 0 aliphatic carbocycles. The molecule has 1 unspecified atom stereocenters. The van der Waals surface area contributed by atoms with Crippen molar-refractivity contribution < 1.29 is 17.9 Å². The summed E-state index contributed by atoms with van der Waals surface area (Å²) in [6.45, 7) is 5.93. The molecular formula is C11H23NO4S. The van der Waals surface area contributed by atoms with E-state index in [9.17, 15) is 13.2 Å². The predicted octanol–water partition coefficient (Wildman–Crippen LogP) is 0.598. The van der Waals surface area contributed by atoms with Gasteiger partial charge < -0.3 is 10.1 Å². The first-order chi connectivity index (χ1) is 7.62. The highest BCUT2D eigenvalue weighted by Gasteiger charge is 2.28. The van der Waals surface area contributed by atoms with E-state index >= 15 is 0 Å². The maximum atomic E-state index is 11.8. The Morgan fingerprint density at radius 3 is 2.24 bits per heavy atom. The van der Waals surface area contributed by atoms with Crippen molar-refractivity contribution in [3.05, 3.63) is 0 Å².